The lowest BCUT2D eigenvalue weighted by Crippen LogP contribution is -2.37. The standard InChI is InChI=1S/C23H36N6.HI/c1-3-24-23(25-13-7-8-22-17-27-28-19(22)2)26-16-20-9-11-21(12-10-20)18-29-14-5-4-6-15-29;/h9-12,17H,3-8,13-16,18H2,1-2H3,(H,27,28)(H2,24,25,26);1H. The first-order valence-corrected chi connectivity index (χ1v) is 11.1. The second-order valence-corrected chi connectivity index (χ2v) is 7.90. The van der Waals surface area contributed by atoms with E-state index in [2.05, 4.69) is 63.8 Å². The number of guanidine groups is 1. The Labute approximate surface area is 198 Å². The summed E-state index contributed by atoms with van der Waals surface area (Å²) in [4.78, 5) is 7.31. The zero-order valence-corrected chi connectivity index (χ0v) is 20.7. The normalized spacial score (nSPS) is 14.9. The fourth-order valence-electron chi connectivity index (χ4n) is 3.75. The molecule has 3 rings (SSSR count). The van der Waals surface area contributed by atoms with E-state index in [1.807, 2.05) is 6.20 Å². The van der Waals surface area contributed by atoms with Gasteiger partial charge in [0.05, 0.1) is 12.7 Å². The molecule has 30 heavy (non-hydrogen) atoms. The van der Waals surface area contributed by atoms with E-state index in [1.54, 1.807) is 0 Å². The van der Waals surface area contributed by atoms with Crippen LogP contribution < -0.4 is 10.6 Å². The second-order valence-electron chi connectivity index (χ2n) is 7.90. The van der Waals surface area contributed by atoms with E-state index in [1.165, 1.54) is 49.0 Å². The number of aliphatic imine (C=N–C) groups is 1. The van der Waals surface area contributed by atoms with E-state index in [-0.39, 0.29) is 24.0 Å². The molecule has 166 valence electrons. The quantitative estimate of drug-likeness (QED) is 0.201. The Morgan fingerprint density at radius 1 is 1.10 bits per heavy atom. The molecule has 0 saturated carbocycles. The molecule has 0 spiro atoms. The topological polar surface area (TPSA) is 68.3 Å². The Morgan fingerprint density at radius 2 is 1.83 bits per heavy atom. The molecule has 0 aliphatic carbocycles. The SMILES string of the molecule is CCNC(=NCc1ccc(CN2CCCCC2)cc1)NCCCc1cn[nH]c1C.I. The van der Waals surface area contributed by atoms with E-state index in [4.69, 9.17) is 4.99 Å². The minimum atomic E-state index is 0. The minimum Gasteiger partial charge on any atom is -0.357 e. The summed E-state index contributed by atoms with van der Waals surface area (Å²) in [7, 11) is 0. The maximum Gasteiger partial charge on any atom is 0.191 e. The van der Waals surface area contributed by atoms with Gasteiger partial charge in [-0.2, -0.15) is 5.10 Å². The molecule has 1 aliphatic heterocycles. The average Bonchev–Trinajstić information content (AvgIpc) is 3.16. The highest BCUT2D eigenvalue weighted by Gasteiger charge is 2.10. The molecule has 0 bridgehead atoms. The first kappa shape index (κ1) is 24.7. The summed E-state index contributed by atoms with van der Waals surface area (Å²) in [5, 5.41) is 13.9. The van der Waals surface area contributed by atoms with Crippen LogP contribution in [0, 0.1) is 6.92 Å². The van der Waals surface area contributed by atoms with Crippen molar-refractivity contribution in [2.45, 2.75) is 59.0 Å². The Kier molecular flexibility index (Phi) is 11.2. The average molecular weight is 524 g/mol. The van der Waals surface area contributed by atoms with Crippen LogP contribution in [0.15, 0.2) is 35.5 Å². The molecular weight excluding hydrogens is 487 g/mol. The largest absolute Gasteiger partial charge is 0.357 e. The number of rotatable bonds is 9. The molecule has 7 heteroatoms. The number of nitrogens with zero attached hydrogens (tertiary/aromatic N) is 3. The summed E-state index contributed by atoms with van der Waals surface area (Å²) in [5.74, 6) is 0.883. The summed E-state index contributed by atoms with van der Waals surface area (Å²) >= 11 is 0. The molecule has 0 radical (unpaired) electrons. The second kappa shape index (κ2) is 13.6. The number of hydrogen-bond acceptors (Lipinski definition) is 3. The van der Waals surface area contributed by atoms with Crippen molar-refractivity contribution in [1.29, 1.82) is 0 Å². The van der Waals surface area contributed by atoms with Crippen LogP contribution in [0.5, 0.6) is 0 Å². The third kappa shape index (κ3) is 8.26. The van der Waals surface area contributed by atoms with Gasteiger partial charge in [0.2, 0.25) is 0 Å². The van der Waals surface area contributed by atoms with E-state index < -0.39 is 0 Å². The van der Waals surface area contributed by atoms with Crippen LogP contribution in [0.3, 0.4) is 0 Å². The Balaban J connectivity index is 0.00000320. The Morgan fingerprint density at radius 3 is 2.50 bits per heavy atom. The molecule has 1 aromatic carbocycles. The molecule has 6 nitrogen and oxygen atoms in total. The first-order chi connectivity index (χ1) is 14.2. The number of aryl methyl sites for hydroxylation is 2. The van der Waals surface area contributed by atoms with Gasteiger partial charge in [-0.1, -0.05) is 30.7 Å². The van der Waals surface area contributed by atoms with Crippen LogP contribution in [0.25, 0.3) is 0 Å². The predicted molar refractivity (Wildman–Crippen MR) is 135 cm³/mol. The van der Waals surface area contributed by atoms with Gasteiger partial charge in [-0.3, -0.25) is 10.00 Å². The third-order valence-electron chi connectivity index (χ3n) is 5.49. The van der Waals surface area contributed by atoms with Gasteiger partial charge in [0, 0.05) is 25.3 Å². The van der Waals surface area contributed by atoms with E-state index in [9.17, 15) is 0 Å². The Bertz CT molecular complexity index is 749. The molecule has 0 unspecified atom stereocenters. The molecule has 1 aromatic heterocycles. The van der Waals surface area contributed by atoms with E-state index in [0.717, 1.165) is 44.1 Å². The predicted octanol–water partition coefficient (Wildman–Crippen LogP) is 4.01. The highest BCUT2D eigenvalue weighted by Crippen LogP contribution is 2.14. The van der Waals surface area contributed by atoms with Crippen molar-refractivity contribution in [2.24, 2.45) is 4.99 Å². The van der Waals surface area contributed by atoms with Crippen molar-refractivity contribution in [3.8, 4) is 0 Å². The van der Waals surface area contributed by atoms with Gasteiger partial charge >= 0.3 is 0 Å². The van der Waals surface area contributed by atoms with Crippen molar-refractivity contribution < 1.29 is 0 Å². The number of H-pyrrole nitrogens is 1. The molecular formula is C23H37IN6. The summed E-state index contributed by atoms with van der Waals surface area (Å²) in [5.41, 5.74) is 5.10. The van der Waals surface area contributed by atoms with Gasteiger partial charge < -0.3 is 10.6 Å². The molecule has 2 heterocycles. The number of aromatic amines is 1. The highest BCUT2D eigenvalue weighted by atomic mass is 127. The summed E-state index contributed by atoms with van der Waals surface area (Å²) in [6, 6.07) is 8.95. The van der Waals surface area contributed by atoms with Crippen LogP contribution in [0.2, 0.25) is 0 Å². The number of aromatic nitrogens is 2. The third-order valence-corrected chi connectivity index (χ3v) is 5.49. The molecule has 3 N–H and O–H groups in total. The Hall–Kier alpha value is -1.61. The number of likely N-dealkylation sites (tertiary alicyclic amines) is 1. The maximum absolute atomic E-state index is 4.75. The van der Waals surface area contributed by atoms with Gasteiger partial charge in [0.25, 0.3) is 0 Å². The van der Waals surface area contributed by atoms with Crippen LogP contribution in [0.4, 0.5) is 0 Å². The van der Waals surface area contributed by atoms with Crippen molar-refractivity contribution in [1.82, 2.24) is 25.7 Å². The smallest absolute Gasteiger partial charge is 0.191 e. The van der Waals surface area contributed by atoms with Crippen molar-refractivity contribution in [3.05, 3.63) is 52.8 Å². The highest BCUT2D eigenvalue weighted by molar-refractivity contribution is 14.0. The van der Waals surface area contributed by atoms with Crippen LogP contribution in [0.1, 0.15) is 55.0 Å². The molecule has 2 aromatic rings. The summed E-state index contributed by atoms with van der Waals surface area (Å²) in [6.45, 7) is 10.2. The number of piperidine rings is 1. The monoisotopic (exact) mass is 524 g/mol. The zero-order chi connectivity index (χ0) is 20.3. The molecule has 1 fully saturated rings. The molecule has 0 atom stereocenters. The summed E-state index contributed by atoms with van der Waals surface area (Å²) < 4.78 is 0. The zero-order valence-electron chi connectivity index (χ0n) is 18.4. The fourth-order valence-corrected chi connectivity index (χ4v) is 3.75. The van der Waals surface area contributed by atoms with Gasteiger partial charge in [-0.25, -0.2) is 4.99 Å². The lowest BCUT2D eigenvalue weighted by Gasteiger charge is -2.26. The lowest BCUT2D eigenvalue weighted by molar-refractivity contribution is 0.221. The van der Waals surface area contributed by atoms with Gasteiger partial charge in [0.15, 0.2) is 5.96 Å². The lowest BCUT2D eigenvalue weighted by atomic mass is 10.1. The molecule has 1 saturated heterocycles. The first-order valence-electron chi connectivity index (χ1n) is 11.1. The summed E-state index contributed by atoms with van der Waals surface area (Å²) in [6.07, 6.45) is 8.06. The molecule has 1 aliphatic rings. The fraction of sp³-hybridized carbons (Fsp3) is 0.565. The van der Waals surface area contributed by atoms with Crippen LogP contribution >= 0.6 is 24.0 Å². The number of halogens is 1. The van der Waals surface area contributed by atoms with Crippen molar-refractivity contribution in [2.75, 3.05) is 26.2 Å². The van der Waals surface area contributed by atoms with Crippen molar-refractivity contribution >= 4 is 29.9 Å². The van der Waals surface area contributed by atoms with E-state index in [0.29, 0.717) is 6.54 Å². The van der Waals surface area contributed by atoms with Crippen LogP contribution in [-0.4, -0.2) is 47.2 Å². The van der Waals surface area contributed by atoms with Gasteiger partial charge in [-0.15, -0.1) is 24.0 Å². The number of hydrogen-bond donors (Lipinski definition) is 3. The van der Waals surface area contributed by atoms with Gasteiger partial charge in [0.1, 0.15) is 0 Å². The van der Waals surface area contributed by atoms with Crippen molar-refractivity contribution in [3.63, 3.8) is 0 Å². The number of nitrogens with one attached hydrogen (secondary N) is 3. The van der Waals surface area contributed by atoms with E-state index >= 15 is 0 Å². The van der Waals surface area contributed by atoms with Gasteiger partial charge in [-0.05, 0) is 69.3 Å². The minimum absolute atomic E-state index is 0. The number of benzene rings is 1. The maximum atomic E-state index is 4.75. The van der Waals surface area contributed by atoms with Crippen LogP contribution in [-0.2, 0) is 19.5 Å². The molecule has 0 amide bonds.